The third kappa shape index (κ3) is 5.04. The van der Waals surface area contributed by atoms with Crippen molar-refractivity contribution in [2.24, 2.45) is 0 Å². The number of amides is 2. The van der Waals surface area contributed by atoms with Crippen LogP contribution in [0, 0.1) is 13.8 Å². The number of carbonyl (C=O) groups is 2. The van der Waals surface area contributed by atoms with Gasteiger partial charge in [0.25, 0.3) is 0 Å². The summed E-state index contributed by atoms with van der Waals surface area (Å²) in [5, 5.41) is 6.08. The third-order valence-corrected chi connectivity index (χ3v) is 4.96. The molecule has 0 aliphatic carbocycles. The van der Waals surface area contributed by atoms with E-state index in [0.29, 0.717) is 17.4 Å². The second-order valence-electron chi connectivity index (χ2n) is 6.28. The topological polar surface area (TPSA) is 80.3 Å². The average Bonchev–Trinajstić information content (AvgIpc) is 2.98. The summed E-state index contributed by atoms with van der Waals surface area (Å²) in [6.45, 7) is 5.83. The predicted molar refractivity (Wildman–Crippen MR) is 109 cm³/mol. The Balaban J connectivity index is 1.55. The van der Waals surface area contributed by atoms with Gasteiger partial charge in [-0.15, -0.1) is 0 Å². The Hall–Kier alpha value is -2.93. The second-order valence-corrected chi connectivity index (χ2v) is 7.31. The van der Waals surface area contributed by atoms with Crippen molar-refractivity contribution in [3.63, 3.8) is 0 Å². The summed E-state index contributed by atoms with van der Waals surface area (Å²) >= 11 is 1.37. The number of fused-ring (bicyclic) bond motifs is 1. The van der Waals surface area contributed by atoms with Crippen LogP contribution in [0.15, 0.2) is 36.4 Å². The largest absolute Gasteiger partial charge is 0.493 e. The number of ether oxygens (including phenoxy) is 1. The van der Waals surface area contributed by atoms with Crippen LogP contribution < -0.4 is 15.4 Å². The van der Waals surface area contributed by atoms with Crippen LogP contribution in [0.25, 0.3) is 10.2 Å². The molecule has 2 aromatic carbocycles. The van der Waals surface area contributed by atoms with Gasteiger partial charge < -0.3 is 15.4 Å². The van der Waals surface area contributed by atoms with E-state index in [1.54, 1.807) is 6.07 Å². The molecular formula is C20H21N3O3S. The van der Waals surface area contributed by atoms with Crippen molar-refractivity contribution in [3.8, 4) is 5.75 Å². The molecule has 0 saturated carbocycles. The van der Waals surface area contributed by atoms with Gasteiger partial charge in [0.05, 0.1) is 23.2 Å². The molecule has 2 N–H and O–H groups in total. The van der Waals surface area contributed by atoms with E-state index >= 15 is 0 Å². The molecule has 0 fully saturated rings. The minimum atomic E-state index is -0.161. The number of aryl methyl sites for hydroxylation is 2. The summed E-state index contributed by atoms with van der Waals surface area (Å²) in [7, 11) is 0. The summed E-state index contributed by atoms with van der Waals surface area (Å²) in [6, 6.07) is 11.3. The zero-order valence-electron chi connectivity index (χ0n) is 15.5. The average molecular weight is 383 g/mol. The van der Waals surface area contributed by atoms with E-state index in [9.17, 15) is 9.59 Å². The van der Waals surface area contributed by atoms with Crippen LogP contribution in [0.1, 0.15) is 24.5 Å². The van der Waals surface area contributed by atoms with E-state index in [1.165, 1.54) is 23.8 Å². The van der Waals surface area contributed by atoms with Crippen LogP contribution >= 0.6 is 11.3 Å². The zero-order valence-corrected chi connectivity index (χ0v) is 16.3. The van der Waals surface area contributed by atoms with Crippen molar-refractivity contribution in [1.82, 2.24) is 4.98 Å². The first kappa shape index (κ1) is 18.8. The van der Waals surface area contributed by atoms with Gasteiger partial charge in [0.1, 0.15) is 5.75 Å². The standard InChI is InChI=1S/C20H21N3O3S/c1-12-4-6-16(10-13(12)2)26-9-8-19(25)22-15-5-7-17-18(11-15)27-20(23-17)21-14(3)24/h4-7,10-11H,8-9H2,1-3H3,(H,22,25)(H,21,23,24). The highest BCUT2D eigenvalue weighted by atomic mass is 32.1. The molecule has 0 bridgehead atoms. The normalized spacial score (nSPS) is 10.6. The molecule has 3 aromatic rings. The maximum atomic E-state index is 12.2. The minimum Gasteiger partial charge on any atom is -0.493 e. The van der Waals surface area contributed by atoms with Crippen LogP contribution in [0.5, 0.6) is 5.75 Å². The lowest BCUT2D eigenvalue weighted by molar-refractivity contribution is -0.116. The second kappa shape index (κ2) is 8.18. The lowest BCUT2D eigenvalue weighted by Gasteiger charge is -2.09. The summed E-state index contributed by atoms with van der Waals surface area (Å²) < 4.78 is 6.54. The molecule has 6 nitrogen and oxygen atoms in total. The Bertz CT molecular complexity index is 997. The molecule has 0 spiro atoms. The van der Waals surface area contributed by atoms with Gasteiger partial charge >= 0.3 is 0 Å². The van der Waals surface area contributed by atoms with Crippen LogP contribution in [-0.2, 0) is 9.59 Å². The Morgan fingerprint density at radius 1 is 1.07 bits per heavy atom. The van der Waals surface area contributed by atoms with Crippen molar-refractivity contribution < 1.29 is 14.3 Å². The van der Waals surface area contributed by atoms with Crippen molar-refractivity contribution in [3.05, 3.63) is 47.5 Å². The highest BCUT2D eigenvalue weighted by Gasteiger charge is 2.08. The first-order valence-corrected chi connectivity index (χ1v) is 9.40. The number of carbonyl (C=O) groups excluding carboxylic acids is 2. The molecule has 0 aliphatic rings. The Morgan fingerprint density at radius 2 is 1.89 bits per heavy atom. The molecule has 0 radical (unpaired) electrons. The fourth-order valence-electron chi connectivity index (χ4n) is 2.50. The van der Waals surface area contributed by atoms with Gasteiger partial charge in [0.15, 0.2) is 5.13 Å². The number of nitrogens with one attached hydrogen (secondary N) is 2. The van der Waals surface area contributed by atoms with Crippen molar-refractivity contribution >= 4 is 44.2 Å². The van der Waals surface area contributed by atoms with Crippen LogP contribution in [0.4, 0.5) is 10.8 Å². The Labute approximate surface area is 161 Å². The number of hydrogen-bond donors (Lipinski definition) is 2. The van der Waals surface area contributed by atoms with E-state index in [1.807, 2.05) is 44.2 Å². The lowest BCUT2D eigenvalue weighted by Crippen LogP contribution is -2.15. The zero-order chi connectivity index (χ0) is 19.4. The van der Waals surface area contributed by atoms with Crippen molar-refractivity contribution in [2.75, 3.05) is 17.2 Å². The van der Waals surface area contributed by atoms with E-state index in [-0.39, 0.29) is 18.2 Å². The van der Waals surface area contributed by atoms with Crippen molar-refractivity contribution in [2.45, 2.75) is 27.2 Å². The number of benzene rings is 2. The summed E-state index contributed by atoms with van der Waals surface area (Å²) in [5.41, 5.74) is 3.84. The molecule has 3 rings (SSSR count). The quantitative estimate of drug-likeness (QED) is 0.666. The van der Waals surface area contributed by atoms with Gasteiger partial charge in [-0.3, -0.25) is 9.59 Å². The molecule has 0 atom stereocenters. The summed E-state index contributed by atoms with van der Waals surface area (Å²) in [4.78, 5) is 27.6. The monoisotopic (exact) mass is 383 g/mol. The van der Waals surface area contributed by atoms with Crippen LogP contribution in [0.2, 0.25) is 0 Å². The SMILES string of the molecule is CC(=O)Nc1nc2ccc(NC(=O)CCOc3ccc(C)c(C)c3)cc2s1. The maximum absolute atomic E-state index is 12.2. The first-order valence-electron chi connectivity index (χ1n) is 8.59. The molecule has 7 heteroatoms. The van der Waals surface area contributed by atoms with E-state index in [0.717, 1.165) is 21.5 Å². The van der Waals surface area contributed by atoms with E-state index < -0.39 is 0 Å². The van der Waals surface area contributed by atoms with Crippen molar-refractivity contribution in [1.29, 1.82) is 0 Å². The highest BCUT2D eigenvalue weighted by molar-refractivity contribution is 7.22. The molecule has 1 aromatic heterocycles. The first-order chi connectivity index (χ1) is 12.9. The summed E-state index contributed by atoms with van der Waals surface area (Å²) in [6.07, 6.45) is 0.255. The third-order valence-electron chi connectivity index (χ3n) is 4.03. The fraction of sp³-hybridized carbons (Fsp3) is 0.250. The van der Waals surface area contributed by atoms with Crippen LogP contribution in [0.3, 0.4) is 0 Å². The van der Waals surface area contributed by atoms with E-state index in [2.05, 4.69) is 15.6 Å². The molecule has 140 valence electrons. The number of rotatable bonds is 6. The van der Waals surface area contributed by atoms with Gasteiger partial charge in [-0.05, 0) is 55.3 Å². The number of nitrogens with zero attached hydrogens (tertiary/aromatic N) is 1. The predicted octanol–water partition coefficient (Wildman–Crippen LogP) is 4.28. The summed E-state index contributed by atoms with van der Waals surface area (Å²) in [5.74, 6) is 0.485. The highest BCUT2D eigenvalue weighted by Crippen LogP contribution is 2.28. The maximum Gasteiger partial charge on any atom is 0.227 e. The van der Waals surface area contributed by atoms with Gasteiger partial charge in [0, 0.05) is 12.6 Å². The van der Waals surface area contributed by atoms with Gasteiger partial charge in [-0.1, -0.05) is 17.4 Å². The van der Waals surface area contributed by atoms with Crippen LogP contribution in [-0.4, -0.2) is 23.4 Å². The molecular weight excluding hydrogens is 362 g/mol. The Morgan fingerprint density at radius 3 is 2.63 bits per heavy atom. The number of hydrogen-bond acceptors (Lipinski definition) is 5. The smallest absolute Gasteiger partial charge is 0.227 e. The number of thiazole rings is 1. The van der Waals surface area contributed by atoms with E-state index in [4.69, 9.17) is 4.74 Å². The molecule has 27 heavy (non-hydrogen) atoms. The van der Waals surface area contributed by atoms with Gasteiger partial charge in [0.2, 0.25) is 11.8 Å². The van der Waals surface area contributed by atoms with Gasteiger partial charge in [-0.25, -0.2) is 4.98 Å². The molecule has 0 saturated heterocycles. The molecule has 1 heterocycles. The number of aromatic nitrogens is 1. The fourth-order valence-corrected chi connectivity index (χ4v) is 3.45. The molecule has 0 aliphatic heterocycles. The molecule has 2 amide bonds. The number of anilines is 2. The lowest BCUT2D eigenvalue weighted by atomic mass is 10.1. The molecule has 0 unspecified atom stereocenters. The Kier molecular flexibility index (Phi) is 5.71. The van der Waals surface area contributed by atoms with Gasteiger partial charge in [-0.2, -0.15) is 0 Å². The minimum absolute atomic E-state index is 0.121.